The first-order valence-corrected chi connectivity index (χ1v) is 12.6. The Morgan fingerprint density at radius 2 is 1.68 bits per heavy atom. The highest BCUT2D eigenvalue weighted by molar-refractivity contribution is 9.10. The zero-order valence-electron chi connectivity index (χ0n) is 20.2. The third kappa shape index (κ3) is 5.78. The number of amides is 1. The highest BCUT2D eigenvalue weighted by Gasteiger charge is 2.29. The molecule has 0 fully saturated rings. The third-order valence-corrected chi connectivity index (χ3v) is 6.69. The summed E-state index contributed by atoms with van der Waals surface area (Å²) in [4.78, 5) is 12.3. The molecule has 1 aliphatic heterocycles. The number of carbonyl (C=O) groups is 1. The maximum atomic E-state index is 12.3. The Morgan fingerprint density at radius 1 is 0.973 bits per heavy atom. The molecule has 7 heteroatoms. The van der Waals surface area contributed by atoms with Crippen LogP contribution in [0.15, 0.2) is 118 Å². The Balaban J connectivity index is 1.32. The van der Waals surface area contributed by atoms with Crippen molar-refractivity contribution < 1.29 is 9.53 Å². The van der Waals surface area contributed by atoms with Gasteiger partial charge < -0.3 is 4.74 Å². The molecule has 0 saturated carbocycles. The van der Waals surface area contributed by atoms with Crippen LogP contribution in [-0.2, 0) is 0 Å². The molecule has 1 aliphatic rings. The molecule has 6 nitrogen and oxygen atoms in total. The van der Waals surface area contributed by atoms with E-state index in [-0.39, 0.29) is 11.9 Å². The smallest absolute Gasteiger partial charge is 0.271 e. The fourth-order valence-electron chi connectivity index (χ4n) is 4.18. The lowest BCUT2D eigenvalue weighted by atomic mass is 9.98. The second-order valence-corrected chi connectivity index (χ2v) is 9.46. The highest BCUT2D eigenvalue weighted by Crippen LogP contribution is 2.37. The predicted octanol–water partition coefficient (Wildman–Crippen LogP) is 6.58. The molecule has 1 unspecified atom stereocenters. The van der Waals surface area contributed by atoms with E-state index in [2.05, 4.69) is 67.9 Å². The number of ether oxygens (including phenoxy) is 1. The monoisotopic (exact) mass is 552 g/mol. The van der Waals surface area contributed by atoms with Crippen LogP contribution in [0, 0.1) is 0 Å². The molecule has 184 valence electrons. The van der Waals surface area contributed by atoms with E-state index < -0.39 is 0 Å². The van der Waals surface area contributed by atoms with E-state index in [9.17, 15) is 4.79 Å². The first-order chi connectivity index (χ1) is 18.1. The van der Waals surface area contributed by atoms with Crippen molar-refractivity contribution in [2.45, 2.75) is 12.5 Å². The fraction of sp³-hybridized carbons (Fsp3) is 0.100. The minimum atomic E-state index is -0.285. The molecule has 1 atom stereocenters. The van der Waals surface area contributed by atoms with Crippen LogP contribution in [0.25, 0.3) is 0 Å². The van der Waals surface area contributed by atoms with Crippen molar-refractivity contribution in [1.82, 2.24) is 5.43 Å². The second-order valence-electron chi connectivity index (χ2n) is 8.55. The molecule has 0 saturated heterocycles. The van der Waals surface area contributed by atoms with Gasteiger partial charge in [0.2, 0.25) is 0 Å². The van der Waals surface area contributed by atoms with Crippen molar-refractivity contribution in [2.24, 2.45) is 10.2 Å². The first kappa shape index (κ1) is 24.5. The normalized spacial score (nSPS) is 15.0. The van der Waals surface area contributed by atoms with Crippen molar-refractivity contribution in [3.8, 4) is 5.75 Å². The summed E-state index contributed by atoms with van der Waals surface area (Å²) in [6.07, 6.45) is 2.44. The minimum absolute atomic E-state index is 0.0895. The van der Waals surface area contributed by atoms with E-state index in [0.29, 0.717) is 11.3 Å². The Bertz CT molecular complexity index is 1420. The lowest BCUT2D eigenvalue weighted by Gasteiger charge is -2.24. The maximum Gasteiger partial charge on any atom is 0.271 e. The van der Waals surface area contributed by atoms with Gasteiger partial charge in [0.1, 0.15) is 5.75 Å². The predicted molar refractivity (Wildman–Crippen MR) is 151 cm³/mol. The average molecular weight is 553 g/mol. The van der Waals surface area contributed by atoms with Crippen LogP contribution < -0.4 is 15.2 Å². The third-order valence-electron chi connectivity index (χ3n) is 6.16. The van der Waals surface area contributed by atoms with Gasteiger partial charge in [-0.3, -0.25) is 9.80 Å². The van der Waals surface area contributed by atoms with Gasteiger partial charge in [-0.2, -0.15) is 10.2 Å². The molecule has 4 aromatic rings. The van der Waals surface area contributed by atoms with Gasteiger partial charge in [0, 0.05) is 16.5 Å². The van der Waals surface area contributed by atoms with Crippen LogP contribution >= 0.6 is 15.9 Å². The highest BCUT2D eigenvalue weighted by atomic mass is 79.9. The number of hydrogen-bond acceptors (Lipinski definition) is 5. The topological polar surface area (TPSA) is 66.3 Å². The molecule has 37 heavy (non-hydrogen) atoms. The molecule has 0 aromatic heterocycles. The van der Waals surface area contributed by atoms with Crippen LogP contribution in [0.4, 0.5) is 5.69 Å². The van der Waals surface area contributed by atoms with E-state index in [1.807, 2.05) is 42.5 Å². The molecular formula is C30H25BrN4O2. The molecule has 1 heterocycles. The number of rotatable bonds is 7. The van der Waals surface area contributed by atoms with E-state index in [0.717, 1.165) is 33.4 Å². The summed E-state index contributed by atoms with van der Waals surface area (Å²) < 4.78 is 6.17. The molecule has 0 radical (unpaired) electrons. The number of nitrogens with zero attached hydrogens (tertiary/aromatic N) is 3. The van der Waals surface area contributed by atoms with Crippen LogP contribution in [0.5, 0.6) is 5.75 Å². The maximum absolute atomic E-state index is 12.3. The van der Waals surface area contributed by atoms with E-state index in [1.165, 1.54) is 5.56 Å². The summed E-state index contributed by atoms with van der Waals surface area (Å²) in [5.41, 5.74) is 8.31. The number of hydrogen-bond donors (Lipinski definition) is 1. The van der Waals surface area contributed by atoms with Gasteiger partial charge in [-0.15, -0.1) is 0 Å². The SMILES string of the molecule is COc1ccc(C(=O)NN=Cc2ccc(N3N=C(c4ccccc4)CC3c3ccc(Br)cc3)cc2)cc1. The largest absolute Gasteiger partial charge is 0.497 e. The number of benzene rings is 4. The van der Waals surface area contributed by atoms with Crippen LogP contribution in [0.1, 0.15) is 39.5 Å². The van der Waals surface area contributed by atoms with Gasteiger partial charge in [0.05, 0.1) is 30.8 Å². The molecule has 1 N–H and O–H groups in total. The Morgan fingerprint density at radius 3 is 2.35 bits per heavy atom. The molecule has 1 amide bonds. The zero-order chi connectivity index (χ0) is 25.6. The zero-order valence-corrected chi connectivity index (χ0v) is 21.8. The molecule has 4 aromatic carbocycles. The average Bonchev–Trinajstić information content (AvgIpc) is 3.40. The van der Waals surface area contributed by atoms with Crippen molar-refractivity contribution >= 4 is 39.5 Å². The summed E-state index contributed by atoms with van der Waals surface area (Å²) in [5.74, 6) is 0.411. The van der Waals surface area contributed by atoms with E-state index in [1.54, 1.807) is 37.6 Å². The summed E-state index contributed by atoms with van der Waals surface area (Å²) in [5, 5.41) is 11.2. The van der Waals surface area contributed by atoms with Crippen LogP contribution in [0.3, 0.4) is 0 Å². The number of methoxy groups -OCH3 is 1. The molecule has 0 bridgehead atoms. The molecule has 0 spiro atoms. The number of hydrazone groups is 2. The number of halogens is 1. The van der Waals surface area contributed by atoms with Gasteiger partial charge in [-0.25, -0.2) is 5.43 Å². The van der Waals surface area contributed by atoms with Gasteiger partial charge in [0.25, 0.3) is 5.91 Å². The molecule has 5 rings (SSSR count). The Hall–Kier alpha value is -4.23. The molecular weight excluding hydrogens is 528 g/mol. The quantitative estimate of drug-likeness (QED) is 0.208. The van der Waals surface area contributed by atoms with Crippen molar-refractivity contribution in [3.05, 3.63) is 130 Å². The van der Waals surface area contributed by atoms with Crippen molar-refractivity contribution in [1.29, 1.82) is 0 Å². The summed E-state index contributed by atoms with van der Waals surface area (Å²) in [6.45, 7) is 0. The van der Waals surface area contributed by atoms with Gasteiger partial charge in [-0.05, 0) is 65.2 Å². The van der Waals surface area contributed by atoms with Gasteiger partial charge >= 0.3 is 0 Å². The second kappa shape index (κ2) is 11.2. The minimum Gasteiger partial charge on any atom is -0.497 e. The standard InChI is InChI=1S/C30H25BrN4O2/c1-37-27-17-11-24(12-18-27)30(36)33-32-20-21-7-15-26(16-8-21)35-29(23-9-13-25(31)14-10-23)19-28(34-35)22-5-3-2-4-6-22/h2-18,20,29H,19H2,1H3,(H,33,36). The summed E-state index contributed by atoms with van der Waals surface area (Å²) in [6, 6.07) is 33.6. The summed E-state index contributed by atoms with van der Waals surface area (Å²) in [7, 11) is 1.59. The van der Waals surface area contributed by atoms with E-state index >= 15 is 0 Å². The Labute approximate surface area is 224 Å². The number of carbonyl (C=O) groups excluding carboxylic acids is 1. The first-order valence-electron chi connectivity index (χ1n) is 11.9. The molecule has 0 aliphatic carbocycles. The lowest BCUT2D eigenvalue weighted by molar-refractivity contribution is 0.0955. The fourth-order valence-corrected chi connectivity index (χ4v) is 4.45. The van der Waals surface area contributed by atoms with Crippen molar-refractivity contribution in [3.63, 3.8) is 0 Å². The van der Waals surface area contributed by atoms with E-state index in [4.69, 9.17) is 9.84 Å². The van der Waals surface area contributed by atoms with Crippen molar-refractivity contribution in [2.75, 3.05) is 12.1 Å². The number of nitrogens with one attached hydrogen (secondary N) is 1. The van der Waals surface area contributed by atoms with Gasteiger partial charge in [-0.1, -0.05) is 70.5 Å². The lowest BCUT2D eigenvalue weighted by Crippen LogP contribution is -2.18. The number of anilines is 1. The van der Waals surface area contributed by atoms with Gasteiger partial charge in [0.15, 0.2) is 0 Å². The van der Waals surface area contributed by atoms with Crippen LogP contribution in [-0.4, -0.2) is 24.9 Å². The van der Waals surface area contributed by atoms with Crippen LogP contribution in [0.2, 0.25) is 0 Å². The Kier molecular flexibility index (Phi) is 7.42. The summed E-state index contributed by atoms with van der Waals surface area (Å²) >= 11 is 3.53.